The van der Waals surface area contributed by atoms with Crippen molar-refractivity contribution in [3.8, 4) is 0 Å². The maximum atomic E-state index is 6.36. The first kappa shape index (κ1) is 13.0. The Morgan fingerprint density at radius 2 is 1.85 bits per heavy atom. The molecule has 5 atom stereocenters. The van der Waals surface area contributed by atoms with Gasteiger partial charge in [-0.25, -0.2) is 0 Å². The first-order valence-electron chi connectivity index (χ1n) is 8.71. The Balaban J connectivity index is 1.70. The molecule has 4 aliphatic rings. The average Bonchev–Trinajstić information content (AvgIpc) is 2.74. The number of hydrogen-bond donors (Lipinski definition) is 1. The zero-order valence-electron chi connectivity index (χ0n) is 13.1. The molecule has 20 heavy (non-hydrogen) atoms. The first-order chi connectivity index (χ1) is 9.56. The van der Waals surface area contributed by atoms with Gasteiger partial charge in [-0.3, -0.25) is 0 Å². The fourth-order valence-corrected chi connectivity index (χ4v) is 6.30. The van der Waals surface area contributed by atoms with Gasteiger partial charge in [-0.1, -0.05) is 38.0 Å². The lowest BCUT2D eigenvalue weighted by Gasteiger charge is -2.57. The van der Waals surface area contributed by atoms with Crippen LogP contribution < -0.4 is 5.73 Å². The molecule has 110 valence electrons. The summed E-state index contributed by atoms with van der Waals surface area (Å²) in [6, 6.07) is 0. The van der Waals surface area contributed by atoms with Gasteiger partial charge in [0.15, 0.2) is 0 Å². The van der Waals surface area contributed by atoms with Crippen molar-refractivity contribution in [2.24, 2.45) is 34.3 Å². The summed E-state index contributed by atoms with van der Waals surface area (Å²) in [5.41, 5.74) is 10.2. The highest BCUT2D eigenvalue weighted by atomic mass is 14.7. The van der Waals surface area contributed by atoms with Crippen molar-refractivity contribution in [2.75, 3.05) is 0 Å². The van der Waals surface area contributed by atoms with Gasteiger partial charge >= 0.3 is 0 Å². The van der Waals surface area contributed by atoms with Crippen LogP contribution in [0.4, 0.5) is 0 Å². The average molecular weight is 271 g/mol. The second-order valence-corrected chi connectivity index (χ2v) is 8.32. The van der Waals surface area contributed by atoms with Crippen LogP contribution in [0.2, 0.25) is 0 Å². The highest BCUT2D eigenvalue weighted by molar-refractivity contribution is 5.28. The van der Waals surface area contributed by atoms with Crippen LogP contribution in [0.15, 0.2) is 23.4 Å². The molecule has 2 saturated carbocycles. The van der Waals surface area contributed by atoms with Gasteiger partial charge in [0, 0.05) is 11.1 Å². The molecule has 0 unspecified atom stereocenters. The molecule has 0 aliphatic heterocycles. The van der Waals surface area contributed by atoms with Gasteiger partial charge < -0.3 is 5.73 Å². The third-order valence-corrected chi connectivity index (χ3v) is 7.66. The lowest BCUT2D eigenvalue weighted by molar-refractivity contribution is -0.0171. The zero-order chi connectivity index (χ0) is 14.0. The summed E-state index contributed by atoms with van der Waals surface area (Å²) >= 11 is 0. The van der Waals surface area contributed by atoms with E-state index < -0.39 is 0 Å². The molecule has 4 rings (SSSR count). The van der Waals surface area contributed by atoms with Crippen molar-refractivity contribution < 1.29 is 0 Å². The van der Waals surface area contributed by atoms with E-state index in [1.165, 1.54) is 57.1 Å². The normalized spacial score (nSPS) is 50.6. The van der Waals surface area contributed by atoms with Crippen LogP contribution in [-0.4, -0.2) is 0 Å². The van der Waals surface area contributed by atoms with Crippen LogP contribution >= 0.6 is 0 Å². The molecule has 0 spiro atoms. The van der Waals surface area contributed by atoms with Crippen molar-refractivity contribution in [1.29, 1.82) is 0 Å². The van der Waals surface area contributed by atoms with Crippen molar-refractivity contribution in [1.82, 2.24) is 0 Å². The molecule has 0 bridgehead atoms. The fourth-order valence-electron chi connectivity index (χ4n) is 6.30. The van der Waals surface area contributed by atoms with Gasteiger partial charge in [-0.05, 0) is 68.1 Å². The Bertz CT molecular complexity index is 488. The zero-order valence-corrected chi connectivity index (χ0v) is 13.1. The Morgan fingerprint density at radius 3 is 2.70 bits per heavy atom. The SMILES string of the molecule is C[C@]12CCCCC1=CC[C@@H]1[C@@H]2CC[C@]2(C)C(N)=CC[C@@H]12. The summed E-state index contributed by atoms with van der Waals surface area (Å²) in [5, 5.41) is 0. The molecule has 0 amide bonds. The van der Waals surface area contributed by atoms with E-state index in [4.69, 9.17) is 5.73 Å². The predicted octanol–water partition coefficient (Wildman–Crippen LogP) is 4.79. The molecule has 0 aromatic heterocycles. The molecule has 2 fully saturated rings. The monoisotopic (exact) mass is 271 g/mol. The number of nitrogens with two attached hydrogens (primary N) is 1. The topological polar surface area (TPSA) is 26.0 Å². The number of fused-ring (bicyclic) bond motifs is 5. The highest BCUT2D eigenvalue weighted by Gasteiger charge is 2.55. The smallest absolute Gasteiger partial charge is 0.0103 e. The molecule has 2 N–H and O–H groups in total. The van der Waals surface area contributed by atoms with Crippen LogP contribution in [0.3, 0.4) is 0 Å². The third-order valence-electron chi connectivity index (χ3n) is 7.66. The van der Waals surface area contributed by atoms with Crippen LogP contribution in [0.5, 0.6) is 0 Å². The molecule has 0 aromatic carbocycles. The number of rotatable bonds is 0. The van der Waals surface area contributed by atoms with Gasteiger partial charge in [0.2, 0.25) is 0 Å². The third kappa shape index (κ3) is 1.50. The Kier molecular flexibility index (Phi) is 2.69. The van der Waals surface area contributed by atoms with Gasteiger partial charge in [-0.2, -0.15) is 0 Å². The van der Waals surface area contributed by atoms with Crippen molar-refractivity contribution in [3.05, 3.63) is 23.4 Å². The van der Waals surface area contributed by atoms with E-state index in [2.05, 4.69) is 26.0 Å². The minimum absolute atomic E-state index is 0.317. The largest absolute Gasteiger partial charge is 0.402 e. The van der Waals surface area contributed by atoms with Crippen LogP contribution in [0, 0.1) is 28.6 Å². The first-order valence-corrected chi connectivity index (χ1v) is 8.71. The van der Waals surface area contributed by atoms with Gasteiger partial charge in [-0.15, -0.1) is 0 Å². The second-order valence-electron chi connectivity index (χ2n) is 8.32. The summed E-state index contributed by atoms with van der Waals surface area (Å²) in [7, 11) is 0. The molecule has 1 nitrogen and oxygen atoms in total. The summed E-state index contributed by atoms with van der Waals surface area (Å²) in [5.74, 6) is 2.64. The molecule has 1 heteroatoms. The molecule has 0 heterocycles. The second kappa shape index (κ2) is 4.15. The van der Waals surface area contributed by atoms with E-state index in [1.807, 2.05) is 5.57 Å². The Morgan fingerprint density at radius 1 is 1.00 bits per heavy atom. The maximum Gasteiger partial charge on any atom is 0.0103 e. The number of allylic oxidation sites excluding steroid dienone is 4. The van der Waals surface area contributed by atoms with Gasteiger partial charge in [0.05, 0.1) is 0 Å². The Hall–Kier alpha value is -0.720. The molecule has 0 saturated heterocycles. The summed E-state index contributed by atoms with van der Waals surface area (Å²) in [6.07, 6.45) is 16.0. The van der Waals surface area contributed by atoms with Crippen molar-refractivity contribution in [2.45, 2.75) is 65.2 Å². The molecule has 0 radical (unpaired) electrons. The summed E-state index contributed by atoms with van der Waals surface area (Å²) in [6.45, 7) is 5.03. The summed E-state index contributed by atoms with van der Waals surface area (Å²) in [4.78, 5) is 0. The van der Waals surface area contributed by atoms with Crippen LogP contribution in [0.1, 0.15) is 65.2 Å². The minimum atomic E-state index is 0.317. The fraction of sp³-hybridized carbons (Fsp3) is 0.789. The Labute approximate surface area is 123 Å². The number of hydrogen-bond acceptors (Lipinski definition) is 1. The standard InChI is InChI=1S/C19H29N/c1-18-11-4-3-5-13(18)6-7-14-15-8-9-17(20)19(15,2)12-10-16(14)18/h6,9,14-16H,3-5,7-8,10-12,20H2,1-2H3/t14-,15-,16-,18-,19-/m0/s1. The van der Waals surface area contributed by atoms with Crippen molar-refractivity contribution in [3.63, 3.8) is 0 Å². The van der Waals surface area contributed by atoms with E-state index in [9.17, 15) is 0 Å². The van der Waals surface area contributed by atoms with Crippen LogP contribution in [0.25, 0.3) is 0 Å². The van der Waals surface area contributed by atoms with Crippen molar-refractivity contribution >= 4 is 0 Å². The maximum absolute atomic E-state index is 6.36. The molecular formula is C19H29N. The quantitative estimate of drug-likeness (QED) is 0.630. The van der Waals surface area contributed by atoms with E-state index in [-0.39, 0.29) is 0 Å². The van der Waals surface area contributed by atoms with Gasteiger partial charge in [0.1, 0.15) is 0 Å². The molecule has 0 aromatic rings. The lowest BCUT2D eigenvalue weighted by Crippen LogP contribution is -2.49. The van der Waals surface area contributed by atoms with E-state index in [1.54, 1.807) is 0 Å². The van der Waals surface area contributed by atoms with E-state index in [0.29, 0.717) is 10.8 Å². The lowest BCUT2D eigenvalue weighted by atomic mass is 9.48. The van der Waals surface area contributed by atoms with E-state index in [0.717, 1.165) is 17.8 Å². The van der Waals surface area contributed by atoms with Crippen LogP contribution in [-0.2, 0) is 0 Å². The van der Waals surface area contributed by atoms with Gasteiger partial charge in [0.25, 0.3) is 0 Å². The molecule has 4 aliphatic carbocycles. The summed E-state index contributed by atoms with van der Waals surface area (Å²) < 4.78 is 0. The van der Waals surface area contributed by atoms with E-state index >= 15 is 0 Å². The minimum Gasteiger partial charge on any atom is -0.402 e. The molecular weight excluding hydrogens is 242 g/mol. The predicted molar refractivity (Wildman–Crippen MR) is 84.0 cm³/mol. The highest BCUT2D eigenvalue weighted by Crippen LogP contribution is 2.64.